The summed E-state index contributed by atoms with van der Waals surface area (Å²) in [6.45, 7) is 5.14. The van der Waals surface area contributed by atoms with Crippen molar-refractivity contribution in [2.75, 3.05) is 54.0 Å². The second-order valence-corrected chi connectivity index (χ2v) is 6.19. The van der Waals surface area contributed by atoms with Gasteiger partial charge in [0.15, 0.2) is 11.6 Å². The Morgan fingerprint density at radius 3 is 2.29 bits per heavy atom. The topological polar surface area (TPSA) is 48.4 Å². The highest BCUT2D eigenvalue weighted by Gasteiger charge is 2.22. The van der Waals surface area contributed by atoms with Gasteiger partial charge in [-0.1, -0.05) is 0 Å². The van der Waals surface area contributed by atoms with Crippen molar-refractivity contribution in [2.45, 2.75) is 12.8 Å². The van der Waals surface area contributed by atoms with Crippen LogP contribution in [0, 0.1) is 5.82 Å². The molecule has 2 aliphatic rings. The van der Waals surface area contributed by atoms with E-state index in [0.29, 0.717) is 5.82 Å². The number of halogens is 1. The van der Waals surface area contributed by atoms with E-state index >= 15 is 0 Å². The highest BCUT2D eigenvalue weighted by Crippen LogP contribution is 2.22. The van der Waals surface area contributed by atoms with Gasteiger partial charge in [0.1, 0.15) is 5.82 Å². The molecule has 0 atom stereocenters. The van der Waals surface area contributed by atoms with Gasteiger partial charge in [-0.2, -0.15) is 4.98 Å². The van der Waals surface area contributed by atoms with E-state index in [0.717, 1.165) is 51.0 Å². The van der Waals surface area contributed by atoms with E-state index in [1.54, 1.807) is 12.3 Å². The number of piperazine rings is 1. The third kappa shape index (κ3) is 2.98. The summed E-state index contributed by atoms with van der Waals surface area (Å²) in [5, 5.41) is 0. The van der Waals surface area contributed by atoms with Gasteiger partial charge in [-0.05, 0) is 31.0 Å². The molecule has 2 aromatic heterocycles. The molecule has 24 heavy (non-hydrogen) atoms. The van der Waals surface area contributed by atoms with Crippen molar-refractivity contribution in [1.29, 1.82) is 0 Å². The predicted molar refractivity (Wildman–Crippen MR) is 92.1 cm³/mol. The van der Waals surface area contributed by atoms with Crippen molar-refractivity contribution >= 4 is 17.6 Å². The van der Waals surface area contributed by atoms with Crippen LogP contribution in [0.4, 0.5) is 22.0 Å². The van der Waals surface area contributed by atoms with Crippen LogP contribution < -0.4 is 14.7 Å². The molecule has 0 amide bonds. The summed E-state index contributed by atoms with van der Waals surface area (Å²) >= 11 is 0. The molecule has 2 aromatic rings. The molecule has 2 aliphatic heterocycles. The molecule has 126 valence electrons. The van der Waals surface area contributed by atoms with E-state index in [1.165, 1.54) is 18.9 Å². The molecule has 0 saturated carbocycles. The number of hydrogen-bond donors (Lipinski definition) is 0. The first-order valence-electron chi connectivity index (χ1n) is 8.50. The van der Waals surface area contributed by atoms with Crippen LogP contribution in [-0.2, 0) is 0 Å². The minimum Gasteiger partial charge on any atom is -0.353 e. The van der Waals surface area contributed by atoms with Crippen LogP contribution in [0.5, 0.6) is 0 Å². The third-order valence-electron chi connectivity index (χ3n) is 4.66. The van der Waals surface area contributed by atoms with Crippen molar-refractivity contribution in [2.24, 2.45) is 0 Å². The first kappa shape index (κ1) is 15.1. The van der Waals surface area contributed by atoms with Crippen LogP contribution in [0.3, 0.4) is 0 Å². The zero-order valence-electron chi connectivity index (χ0n) is 13.6. The average Bonchev–Trinajstić information content (AvgIpc) is 3.17. The lowest BCUT2D eigenvalue weighted by atomic mass is 10.3. The average molecular weight is 328 g/mol. The molecular formula is C17H21FN6. The van der Waals surface area contributed by atoms with Crippen molar-refractivity contribution in [3.8, 4) is 0 Å². The SMILES string of the molecule is Fc1cccnc1N1CCN(c2ccnc(N3CCCC3)n2)CC1. The van der Waals surface area contributed by atoms with E-state index in [4.69, 9.17) is 4.98 Å². The molecule has 4 rings (SSSR count). The van der Waals surface area contributed by atoms with E-state index < -0.39 is 0 Å². The second kappa shape index (κ2) is 6.59. The zero-order valence-corrected chi connectivity index (χ0v) is 13.6. The molecule has 0 N–H and O–H groups in total. The Hall–Kier alpha value is -2.44. The highest BCUT2D eigenvalue weighted by atomic mass is 19.1. The summed E-state index contributed by atoms with van der Waals surface area (Å²) in [5.41, 5.74) is 0. The van der Waals surface area contributed by atoms with Crippen LogP contribution in [0.2, 0.25) is 0 Å². The number of hydrogen-bond acceptors (Lipinski definition) is 6. The molecule has 0 aliphatic carbocycles. The van der Waals surface area contributed by atoms with Gasteiger partial charge in [-0.3, -0.25) is 0 Å². The summed E-state index contributed by atoms with van der Waals surface area (Å²) in [6.07, 6.45) is 5.89. The van der Waals surface area contributed by atoms with Crippen molar-refractivity contribution in [3.63, 3.8) is 0 Å². The largest absolute Gasteiger partial charge is 0.353 e. The Balaban J connectivity index is 1.44. The summed E-state index contributed by atoms with van der Waals surface area (Å²) in [6, 6.07) is 5.04. The normalized spacial score (nSPS) is 18.3. The van der Waals surface area contributed by atoms with Crippen LogP contribution in [0.1, 0.15) is 12.8 Å². The monoisotopic (exact) mass is 328 g/mol. The minimum atomic E-state index is -0.260. The van der Waals surface area contributed by atoms with Gasteiger partial charge in [0.05, 0.1) is 0 Å². The molecule has 2 saturated heterocycles. The summed E-state index contributed by atoms with van der Waals surface area (Å²) in [7, 11) is 0. The molecule has 2 fully saturated rings. The Bertz CT molecular complexity index is 695. The van der Waals surface area contributed by atoms with Gasteiger partial charge in [0, 0.05) is 51.7 Å². The Labute approximate surface area is 141 Å². The highest BCUT2D eigenvalue weighted by molar-refractivity contribution is 5.47. The molecule has 0 aromatic carbocycles. The van der Waals surface area contributed by atoms with E-state index in [2.05, 4.69) is 19.8 Å². The molecule has 7 heteroatoms. The van der Waals surface area contributed by atoms with Crippen LogP contribution in [-0.4, -0.2) is 54.2 Å². The lowest BCUT2D eigenvalue weighted by Gasteiger charge is -2.36. The van der Waals surface area contributed by atoms with Crippen molar-refractivity contribution < 1.29 is 4.39 Å². The number of rotatable bonds is 3. The molecule has 0 unspecified atom stereocenters. The van der Waals surface area contributed by atoms with Gasteiger partial charge < -0.3 is 14.7 Å². The lowest BCUT2D eigenvalue weighted by Crippen LogP contribution is -2.47. The maximum absolute atomic E-state index is 13.9. The maximum atomic E-state index is 13.9. The Morgan fingerprint density at radius 1 is 0.792 bits per heavy atom. The number of nitrogens with zero attached hydrogens (tertiary/aromatic N) is 6. The van der Waals surface area contributed by atoms with Crippen LogP contribution >= 0.6 is 0 Å². The van der Waals surface area contributed by atoms with Gasteiger partial charge in [0.2, 0.25) is 5.95 Å². The molecule has 6 nitrogen and oxygen atoms in total. The molecular weight excluding hydrogens is 307 g/mol. The van der Waals surface area contributed by atoms with Gasteiger partial charge in [0.25, 0.3) is 0 Å². The van der Waals surface area contributed by atoms with E-state index in [1.807, 2.05) is 17.2 Å². The molecule has 0 radical (unpaired) electrons. The predicted octanol–water partition coefficient (Wildman–Crippen LogP) is 1.94. The van der Waals surface area contributed by atoms with Gasteiger partial charge in [-0.15, -0.1) is 0 Å². The summed E-state index contributed by atoms with van der Waals surface area (Å²) in [5.74, 6) is 1.96. The maximum Gasteiger partial charge on any atom is 0.227 e. The number of aromatic nitrogens is 3. The molecule has 4 heterocycles. The fraction of sp³-hybridized carbons (Fsp3) is 0.471. The fourth-order valence-corrected chi connectivity index (χ4v) is 3.34. The number of pyridine rings is 1. The smallest absolute Gasteiger partial charge is 0.227 e. The summed E-state index contributed by atoms with van der Waals surface area (Å²) < 4.78 is 13.9. The third-order valence-corrected chi connectivity index (χ3v) is 4.66. The van der Waals surface area contributed by atoms with Crippen LogP contribution in [0.25, 0.3) is 0 Å². The molecule has 0 spiro atoms. The van der Waals surface area contributed by atoms with Crippen molar-refractivity contribution in [3.05, 3.63) is 36.4 Å². The fourth-order valence-electron chi connectivity index (χ4n) is 3.34. The first-order valence-corrected chi connectivity index (χ1v) is 8.50. The quantitative estimate of drug-likeness (QED) is 0.858. The van der Waals surface area contributed by atoms with Crippen molar-refractivity contribution in [1.82, 2.24) is 15.0 Å². The Kier molecular flexibility index (Phi) is 4.15. The van der Waals surface area contributed by atoms with Gasteiger partial charge >= 0.3 is 0 Å². The Morgan fingerprint density at radius 2 is 1.54 bits per heavy atom. The lowest BCUT2D eigenvalue weighted by molar-refractivity contribution is 0.587. The summed E-state index contributed by atoms with van der Waals surface area (Å²) in [4.78, 5) is 19.8. The first-order chi connectivity index (χ1) is 11.8. The van der Waals surface area contributed by atoms with E-state index in [-0.39, 0.29) is 5.82 Å². The minimum absolute atomic E-state index is 0.260. The zero-order chi connectivity index (χ0) is 16.4. The standard InChI is InChI=1S/C17H21FN6/c18-14-4-3-6-19-16(14)23-12-10-22(11-13-23)15-5-7-20-17(21-15)24-8-1-2-9-24/h3-7H,1-2,8-13H2. The van der Waals surface area contributed by atoms with Gasteiger partial charge in [-0.25, -0.2) is 14.4 Å². The molecule has 0 bridgehead atoms. The number of anilines is 3. The van der Waals surface area contributed by atoms with Crippen LogP contribution in [0.15, 0.2) is 30.6 Å². The second-order valence-electron chi connectivity index (χ2n) is 6.19. The van der Waals surface area contributed by atoms with E-state index in [9.17, 15) is 4.39 Å².